The van der Waals surface area contributed by atoms with Crippen molar-refractivity contribution in [2.24, 2.45) is 5.10 Å². The molecule has 3 rings (SSSR count). The van der Waals surface area contributed by atoms with Crippen molar-refractivity contribution in [3.05, 3.63) is 80.1 Å². The Morgan fingerprint density at radius 2 is 2.00 bits per heavy atom. The first-order valence-corrected chi connectivity index (χ1v) is 9.72. The van der Waals surface area contributed by atoms with Crippen molar-refractivity contribution in [3.8, 4) is 11.5 Å². The Hall–Kier alpha value is -3.73. The molecule has 160 valence electrons. The summed E-state index contributed by atoms with van der Waals surface area (Å²) in [5.41, 5.74) is 4.13. The van der Waals surface area contributed by atoms with E-state index in [2.05, 4.69) is 31.6 Å². The number of aromatic nitrogens is 2. The number of rotatable bonds is 8. The Balaban J connectivity index is 1.62. The van der Waals surface area contributed by atoms with Crippen molar-refractivity contribution in [3.63, 3.8) is 0 Å². The predicted octanol–water partition coefficient (Wildman–Crippen LogP) is 3.38. The second-order valence-corrected chi connectivity index (χ2v) is 7.11. The van der Waals surface area contributed by atoms with Gasteiger partial charge in [-0.2, -0.15) is 10.2 Å². The molecule has 0 radical (unpaired) electrons. The van der Waals surface area contributed by atoms with Crippen molar-refractivity contribution in [2.75, 3.05) is 14.2 Å². The Morgan fingerprint density at radius 1 is 1.26 bits per heavy atom. The van der Waals surface area contributed by atoms with Gasteiger partial charge in [-0.15, -0.1) is 0 Å². The highest BCUT2D eigenvalue weighted by Gasteiger charge is 2.11. The average molecular weight is 488 g/mol. The van der Waals surface area contributed by atoms with Crippen LogP contribution in [0, 0.1) is 10.1 Å². The van der Waals surface area contributed by atoms with Gasteiger partial charge in [-0.3, -0.25) is 19.6 Å². The molecule has 0 aliphatic heterocycles. The molecule has 10 nitrogen and oxygen atoms in total. The number of carbonyl (C=O) groups is 1. The summed E-state index contributed by atoms with van der Waals surface area (Å²) < 4.78 is 12.8. The summed E-state index contributed by atoms with van der Waals surface area (Å²) in [4.78, 5) is 22.5. The van der Waals surface area contributed by atoms with Crippen LogP contribution in [-0.4, -0.2) is 41.0 Å². The first kappa shape index (κ1) is 22.0. The van der Waals surface area contributed by atoms with Gasteiger partial charge in [-0.25, -0.2) is 5.43 Å². The third-order valence-electron chi connectivity index (χ3n) is 4.20. The molecule has 1 heterocycles. The number of nitro groups is 1. The summed E-state index contributed by atoms with van der Waals surface area (Å²) in [5, 5.41) is 18.9. The summed E-state index contributed by atoms with van der Waals surface area (Å²) >= 11 is 3.40. The van der Waals surface area contributed by atoms with Crippen LogP contribution in [0.15, 0.2) is 58.2 Å². The molecule has 0 saturated carbocycles. The van der Waals surface area contributed by atoms with Gasteiger partial charge < -0.3 is 9.47 Å². The quantitative estimate of drug-likeness (QED) is 0.295. The lowest BCUT2D eigenvalue weighted by molar-refractivity contribution is -0.384. The third-order valence-corrected chi connectivity index (χ3v) is 4.79. The second-order valence-electron chi connectivity index (χ2n) is 6.26. The zero-order chi connectivity index (χ0) is 22.4. The number of non-ortho nitro benzene ring substituents is 1. The van der Waals surface area contributed by atoms with Crippen molar-refractivity contribution in [1.82, 2.24) is 15.2 Å². The number of carbonyl (C=O) groups excluding carboxylic acids is 1. The summed E-state index contributed by atoms with van der Waals surface area (Å²) in [7, 11) is 3.07. The van der Waals surface area contributed by atoms with Crippen LogP contribution in [0.25, 0.3) is 0 Å². The van der Waals surface area contributed by atoms with Gasteiger partial charge in [0.05, 0.1) is 36.4 Å². The van der Waals surface area contributed by atoms with Gasteiger partial charge in [0.2, 0.25) is 0 Å². The van der Waals surface area contributed by atoms with Crippen molar-refractivity contribution in [2.45, 2.75) is 6.54 Å². The molecule has 0 unspecified atom stereocenters. The minimum Gasteiger partial charge on any atom is -0.493 e. The molecular weight excluding hydrogens is 470 g/mol. The lowest BCUT2D eigenvalue weighted by Gasteiger charge is -2.10. The zero-order valence-corrected chi connectivity index (χ0v) is 18.2. The van der Waals surface area contributed by atoms with Gasteiger partial charge in [0.15, 0.2) is 17.2 Å². The van der Waals surface area contributed by atoms with Crippen LogP contribution in [0.2, 0.25) is 0 Å². The summed E-state index contributed by atoms with van der Waals surface area (Å²) in [6.07, 6.45) is 3.12. The Kier molecular flexibility index (Phi) is 6.98. The predicted molar refractivity (Wildman–Crippen MR) is 117 cm³/mol. The lowest BCUT2D eigenvalue weighted by atomic mass is 10.2. The van der Waals surface area contributed by atoms with Gasteiger partial charge in [0, 0.05) is 18.3 Å². The van der Waals surface area contributed by atoms with Crippen molar-refractivity contribution < 1.29 is 19.2 Å². The minimum absolute atomic E-state index is 0.0173. The van der Waals surface area contributed by atoms with Crippen molar-refractivity contribution >= 4 is 33.7 Å². The molecule has 0 saturated heterocycles. The van der Waals surface area contributed by atoms with Crippen molar-refractivity contribution in [1.29, 1.82) is 0 Å². The van der Waals surface area contributed by atoms with E-state index < -0.39 is 10.8 Å². The first-order valence-electron chi connectivity index (χ1n) is 8.93. The highest BCUT2D eigenvalue weighted by molar-refractivity contribution is 9.10. The number of hydrazone groups is 1. The van der Waals surface area contributed by atoms with Crippen LogP contribution in [0.3, 0.4) is 0 Å². The number of nitrogens with zero attached hydrogens (tertiary/aromatic N) is 4. The molecule has 0 spiro atoms. The molecule has 0 aliphatic rings. The highest BCUT2D eigenvalue weighted by Crippen LogP contribution is 2.35. The molecule has 0 fully saturated rings. The Labute approximate surface area is 185 Å². The number of methoxy groups -OCH3 is 2. The van der Waals surface area contributed by atoms with E-state index in [0.717, 1.165) is 5.56 Å². The maximum absolute atomic E-state index is 12.3. The van der Waals surface area contributed by atoms with E-state index in [1.54, 1.807) is 41.2 Å². The number of amides is 1. The van der Waals surface area contributed by atoms with Crippen LogP contribution in [0.1, 0.15) is 21.6 Å². The summed E-state index contributed by atoms with van der Waals surface area (Å²) in [5.74, 6) is 0.607. The topological polar surface area (TPSA) is 121 Å². The van der Waals surface area contributed by atoms with Crippen LogP contribution >= 0.6 is 15.9 Å². The Morgan fingerprint density at radius 3 is 2.65 bits per heavy atom. The van der Waals surface area contributed by atoms with E-state index in [9.17, 15) is 14.9 Å². The summed E-state index contributed by atoms with van der Waals surface area (Å²) in [6.45, 7) is 0.369. The average Bonchev–Trinajstić information content (AvgIpc) is 3.22. The van der Waals surface area contributed by atoms with Gasteiger partial charge in [0.1, 0.15) is 0 Å². The fraction of sp³-hybridized carbons (Fsp3) is 0.150. The smallest absolute Gasteiger partial charge is 0.291 e. The van der Waals surface area contributed by atoms with E-state index in [-0.39, 0.29) is 11.4 Å². The highest BCUT2D eigenvalue weighted by atomic mass is 79.9. The van der Waals surface area contributed by atoms with Gasteiger partial charge in [-0.05, 0) is 45.3 Å². The summed E-state index contributed by atoms with van der Waals surface area (Å²) in [6, 6.07) is 11.2. The second kappa shape index (κ2) is 9.85. The molecule has 0 atom stereocenters. The van der Waals surface area contributed by atoms with Crippen LogP contribution < -0.4 is 14.9 Å². The van der Waals surface area contributed by atoms with Crippen LogP contribution in [-0.2, 0) is 6.54 Å². The molecule has 11 heteroatoms. The number of nitrogens with one attached hydrogen (secondary N) is 1. The zero-order valence-electron chi connectivity index (χ0n) is 16.6. The van der Waals surface area contributed by atoms with E-state index in [4.69, 9.17) is 9.47 Å². The molecule has 0 aliphatic carbocycles. The number of hydrogen-bond donors (Lipinski definition) is 1. The van der Waals surface area contributed by atoms with E-state index in [1.165, 1.54) is 32.6 Å². The normalized spacial score (nSPS) is 10.8. The minimum atomic E-state index is -0.474. The van der Waals surface area contributed by atoms with Crippen LogP contribution in [0.4, 0.5) is 5.69 Å². The first-order chi connectivity index (χ1) is 14.9. The maximum atomic E-state index is 12.3. The number of halogens is 1. The molecule has 1 N–H and O–H groups in total. The maximum Gasteiger partial charge on any atom is 0.291 e. The Bertz CT molecular complexity index is 1130. The van der Waals surface area contributed by atoms with Gasteiger partial charge in [0.25, 0.3) is 11.6 Å². The largest absolute Gasteiger partial charge is 0.493 e. The monoisotopic (exact) mass is 487 g/mol. The third kappa shape index (κ3) is 5.45. The number of hydrogen-bond acceptors (Lipinski definition) is 7. The standard InChI is InChI=1S/C20H18BrN5O5/c1-30-18-10-14(9-16(21)19(18)31-2)11-22-23-20(27)17-7-8-25(24-17)12-13-3-5-15(6-4-13)26(28)29/h3-11H,12H2,1-2H3,(H,23,27)/b22-11-. The molecule has 1 aromatic heterocycles. The molecular formula is C20H18BrN5O5. The molecule has 0 bridgehead atoms. The number of nitro benzene ring substituents is 1. The molecule has 1 amide bonds. The fourth-order valence-electron chi connectivity index (χ4n) is 2.72. The molecule has 2 aromatic carbocycles. The van der Waals surface area contributed by atoms with E-state index in [0.29, 0.717) is 28.1 Å². The number of benzene rings is 2. The van der Waals surface area contributed by atoms with Crippen LogP contribution in [0.5, 0.6) is 11.5 Å². The fourth-order valence-corrected chi connectivity index (χ4v) is 3.34. The van der Waals surface area contributed by atoms with E-state index >= 15 is 0 Å². The lowest BCUT2D eigenvalue weighted by Crippen LogP contribution is -2.18. The van der Waals surface area contributed by atoms with Gasteiger partial charge >= 0.3 is 0 Å². The van der Waals surface area contributed by atoms with Gasteiger partial charge in [-0.1, -0.05) is 12.1 Å². The molecule has 31 heavy (non-hydrogen) atoms. The number of ether oxygens (including phenoxy) is 2. The molecule has 3 aromatic rings. The SMILES string of the molecule is COc1cc(/C=N\NC(=O)c2ccn(Cc3ccc([N+](=O)[O-])cc3)n2)cc(Br)c1OC. The van der Waals surface area contributed by atoms with E-state index in [1.807, 2.05) is 0 Å².